The Morgan fingerprint density at radius 3 is 2.30 bits per heavy atom. The summed E-state index contributed by atoms with van der Waals surface area (Å²) in [6.45, 7) is 0. The van der Waals surface area contributed by atoms with E-state index in [0.717, 1.165) is 25.2 Å². The highest BCUT2D eigenvalue weighted by Gasteiger charge is 2.43. The fourth-order valence-electron chi connectivity index (χ4n) is 3.70. The quantitative estimate of drug-likeness (QED) is 0.694. The number of hydrogen-bond donors (Lipinski definition) is 1. The Hall–Kier alpha value is -4.63. The van der Waals surface area contributed by atoms with Crippen molar-refractivity contribution >= 4 is 17.6 Å². The van der Waals surface area contributed by atoms with Gasteiger partial charge in [-0.1, -0.05) is 36.4 Å². The molecule has 0 saturated heterocycles. The summed E-state index contributed by atoms with van der Waals surface area (Å²) in [5.41, 5.74) is 6.35. The molecule has 1 aliphatic rings. The predicted octanol–water partition coefficient (Wildman–Crippen LogP) is 2.79. The highest BCUT2D eigenvalue weighted by molar-refractivity contribution is 6.06. The molecule has 2 N–H and O–H groups in total. The number of methoxy groups -OCH3 is 2. The van der Waals surface area contributed by atoms with Crippen LogP contribution in [0, 0.1) is 28.5 Å². The summed E-state index contributed by atoms with van der Waals surface area (Å²) in [4.78, 5) is 26.8. The Morgan fingerprint density at radius 1 is 1.09 bits per heavy atom. The molecule has 0 saturated carbocycles. The number of esters is 2. The fraction of sp³-hybridized carbons (Fsp3) is 0.167. The van der Waals surface area contributed by atoms with E-state index in [4.69, 9.17) is 20.5 Å². The fourth-order valence-corrected chi connectivity index (χ4v) is 3.70. The van der Waals surface area contributed by atoms with Gasteiger partial charge in [-0.15, -0.1) is 0 Å². The van der Waals surface area contributed by atoms with Crippen LogP contribution in [0.1, 0.15) is 17.0 Å². The van der Waals surface area contributed by atoms with Gasteiger partial charge in [-0.3, -0.25) is 4.90 Å². The number of carbonyl (C=O) groups is 2. The molecule has 1 heterocycles. The van der Waals surface area contributed by atoms with Gasteiger partial charge in [0.1, 0.15) is 17.3 Å². The number of carbonyl (C=O) groups excluding carboxylic acids is 2. The lowest BCUT2D eigenvalue weighted by Crippen LogP contribution is -2.41. The second kappa shape index (κ2) is 9.67. The first-order valence-corrected chi connectivity index (χ1v) is 9.70. The van der Waals surface area contributed by atoms with Crippen LogP contribution in [-0.4, -0.2) is 26.2 Å². The topological polar surface area (TPSA) is 129 Å². The van der Waals surface area contributed by atoms with E-state index >= 15 is 4.39 Å². The van der Waals surface area contributed by atoms with Gasteiger partial charge in [0.05, 0.1) is 55.5 Å². The van der Waals surface area contributed by atoms with Crippen LogP contribution in [-0.2, 0) is 25.5 Å². The summed E-state index contributed by atoms with van der Waals surface area (Å²) in [6, 6.07) is 16.3. The van der Waals surface area contributed by atoms with Crippen LogP contribution < -0.4 is 10.6 Å². The molecule has 9 heteroatoms. The summed E-state index contributed by atoms with van der Waals surface area (Å²) in [7, 11) is 2.23. The summed E-state index contributed by atoms with van der Waals surface area (Å²) in [6.07, 6.45) is -0.0326. The van der Waals surface area contributed by atoms with Crippen molar-refractivity contribution < 1.29 is 23.5 Å². The zero-order chi connectivity index (χ0) is 24.1. The lowest BCUT2D eigenvalue weighted by atomic mass is 9.81. The summed E-state index contributed by atoms with van der Waals surface area (Å²) >= 11 is 0. The van der Waals surface area contributed by atoms with E-state index in [0.29, 0.717) is 11.1 Å². The Labute approximate surface area is 189 Å². The van der Waals surface area contributed by atoms with Crippen LogP contribution >= 0.6 is 0 Å². The van der Waals surface area contributed by atoms with Crippen LogP contribution in [0.25, 0.3) is 0 Å². The number of nitriles is 2. The molecule has 1 unspecified atom stereocenters. The number of anilines is 1. The van der Waals surface area contributed by atoms with Gasteiger partial charge in [-0.05, 0) is 23.3 Å². The molecular formula is C24H19FN4O4. The molecule has 0 aromatic heterocycles. The average molecular weight is 446 g/mol. The molecule has 0 radical (unpaired) electrons. The van der Waals surface area contributed by atoms with Gasteiger partial charge in [0.2, 0.25) is 0 Å². The average Bonchev–Trinajstić information content (AvgIpc) is 2.83. The monoisotopic (exact) mass is 446 g/mol. The van der Waals surface area contributed by atoms with E-state index in [1.54, 1.807) is 30.3 Å². The predicted molar refractivity (Wildman–Crippen MR) is 115 cm³/mol. The molecule has 3 rings (SSSR count). The molecule has 33 heavy (non-hydrogen) atoms. The van der Waals surface area contributed by atoms with Gasteiger partial charge in [-0.25, -0.2) is 14.0 Å². The Morgan fingerprint density at radius 2 is 1.76 bits per heavy atom. The van der Waals surface area contributed by atoms with Crippen molar-refractivity contribution in [2.24, 2.45) is 5.73 Å². The molecule has 166 valence electrons. The minimum absolute atomic E-state index is 0.0326. The van der Waals surface area contributed by atoms with Gasteiger partial charge >= 0.3 is 11.9 Å². The number of halogens is 1. The number of nitrogens with zero attached hydrogens (tertiary/aromatic N) is 3. The molecule has 0 amide bonds. The highest BCUT2D eigenvalue weighted by Crippen LogP contribution is 2.43. The number of allylic oxidation sites excluding steroid dienone is 1. The van der Waals surface area contributed by atoms with Crippen LogP contribution in [0.5, 0.6) is 0 Å². The maximum atomic E-state index is 15.1. The van der Waals surface area contributed by atoms with Crippen LogP contribution in [0.4, 0.5) is 10.1 Å². The third-order valence-electron chi connectivity index (χ3n) is 5.15. The summed E-state index contributed by atoms with van der Waals surface area (Å²) in [5, 5.41) is 18.8. The van der Waals surface area contributed by atoms with E-state index in [1.165, 1.54) is 12.1 Å². The molecule has 0 spiro atoms. The lowest BCUT2D eigenvalue weighted by Gasteiger charge is -2.36. The molecule has 2 aromatic carbocycles. The smallest absolute Gasteiger partial charge is 0.355 e. The standard InChI is InChI=1S/C24H19FN4O4/c1-32-23(30)20-19(15-6-4-3-5-7-15)16(13-27)22(28)29(21(20)24(31)33-2)18-9-8-14(10-11-26)12-17(18)25/h3-9,12,19H,10,28H2,1-2H3. The van der Waals surface area contributed by atoms with Crippen molar-refractivity contribution in [1.82, 2.24) is 0 Å². The van der Waals surface area contributed by atoms with E-state index in [-0.39, 0.29) is 34.8 Å². The van der Waals surface area contributed by atoms with Gasteiger partial charge in [0.25, 0.3) is 0 Å². The maximum Gasteiger partial charge on any atom is 0.355 e. The largest absolute Gasteiger partial charge is 0.466 e. The van der Waals surface area contributed by atoms with Gasteiger partial charge < -0.3 is 15.2 Å². The first-order valence-electron chi connectivity index (χ1n) is 9.70. The Kier molecular flexibility index (Phi) is 6.75. The number of benzene rings is 2. The third-order valence-corrected chi connectivity index (χ3v) is 5.15. The van der Waals surface area contributed by atoms with Crippen molar-refractivity contribution in [3.05, 3.63) is 88.1 Å². The molecule has 1 atom stereocenters. The highest BCUT2D eigenvalue weighted by atomic mass is 19.1. The molecule has 0 fully saturated rings. The lowest BCUT2D eigenvalue weighted by molar-refractivity contribution is -0.139. The molecular weight excluding hydrogens is 427 g/mol. The molecule has 0 aliphatic carbocycles. The van der Waals surface area contributed by atoms with E-state index in [9.17, 15) is 14.9 Å². The minimum atomic E-state index is -1.05. The van der Waals surface area contributed by atoms with Crippen molar-refractivity contribution in [2.75, 3.05) is 19.1 Å². The molecule has 0 bridgehead atoms. The molecule has 1 aliphatic heterocycles. The number of ether oxygens (including phenoxy) is 2. The number of hydrogen-bond acceptors (Lipinski definition) is 8. The van der Waals surface area contributed by atoms with E-state index < -0.39 is 23.7 Å². The van der Waals surface area contributed by atoms with Crippen molar-refractivity contribution in [3.63, 3.8) is 0 Å². The van der Waals surface area contributed by atoms with E-state index in [2.05, 4.69) is 0 Å². The first-order chi connectivity index (χ1) is 15.9. The second-order valence-electron chi connectivity index (χ2n) is 6.96. The van der Waals surface area contributed by atoms with Gasteiger partial charge in [0.15, 0.2) is 0 Å². The van der Waals surface area contributed by atoms with Crippen LogP contribution in [0.2, 0.25) is 0 Å². The SMILES string of the molecule is COC(=O)C1=C(C(=O)OC)N(c2ccc(CC#N)cc2F)C(N)=C(C#N)C1c1ccccc1. The van der Waals surface area contributed by atoms with Crippen molar-refractivity contribution in [2.45, 2.75) is 12.3 Å². The summed E-state index contributed by atoms with van der Waals surface area (Å²) in [5.74, 6) is -3.99. The zero-order valence-electron chi connectivity index (χ0n) is 17.8. The second-order valence-corrected chi connectivity index (χ2v) is 6.96. The maximum absolute atomic E-state index is 15.1. The normalized spacial score (nSPS) is 15.5. The first kappa shape index (κ1) is 23.0. The van der Waals surface area contributed by atoms with Crippen molar-refractivity contribution in [3.8, 4) is 12.1 Å². The Balaban J connectivity index is 2.39. The van der Waals surface area contributed by atoms with Crippen LogP contribution in [0.3, 0.4) is 0 Å². The minimum Gasteiger partial charge on any atom is -0.466 e. The van der Waals surface area contributed by atoms with E-state index in [1.807, 2.05) is 12.1 Å². The number of nitrogens with two attached hydrogens (primary N) is 1. The molecule has 8 nitrogen and oxygen atoms in total. The van der Waals surface area contributed by atoms with Crippen LogP contribution in [0.15, 0.2) is 71.2 Å². The molecule has 2 aromatic rings. The van der Waals surface area contributed by atoms with Gasteiger partial charge in [0, 0.05) is 0 Å². The zero-order valence-corrected chi connectivity index (χ0v) is 17.8. The van der Waals surface area contributed by atoms with Gasteiger partial charge in [-0.2, -0.15) is 10.5 Å². The number of rotatable bonds is 5. The Bertz CT molecular complexity index is 1260. The summed E-state index contributed by atoms with van der Waals surface area (Å²) < 4.78 is 25.0. The third kappa shape index (κ3) is 4.12. The van der Waals surface area contributed by atoms with Crippen molar-refractivity contribution in [1.29, 1.82) is 10.5 Å².